The summed E-state index contributed by atoms with van der Waals surface area (Å²) in [6.45, 7) is 7.34. The third-order valence-corrected chi connectivity index (χ3v) is 10.6. The Morgan fingerprint density at radius 1 is 1.10 bits per heavy atom. The van der Waals surface area contributed by atoms with E-state index in [1.807, 2.05) is 12.3 Å². The predicted octanol–water partition coefficient (Wildman–Crippen LogP) is 7.79. The van der Waals surface area contributed by atoms with Gasteiger partial charge in [0.15, 0.2) is 6.29 Å². The van der Waals surface area contributed by atoms with Crippen molar-refractivity contribution < 1.29 is 32.6 Å². The number of rotatable bonds is 8. The lowest BCUT2D eigenvalue weighted by molar-refractivity contribution is -0.200. The number of hydrogen-bond acceptors (Lipinski definition) is 8. The van der Waals surface area contributed by atoms with Crippen LogP contribution in [0.5, 0.6) is 0 Å². The van der Waals surface area contributed by atoms with Gasteiger partial charge in [0, 0.05) is 59.4 Å². The van der Waals surface area contributed by atoms with E-state index in [1.54, 1.807) is 48.6 Å². The normalized spacial score (nSPS) is 20.2. The van der Waals surface area contributed by atoms with E-state index in [9.17, 15) is 19.2 Å². The Hall–Kier alpha value is -4.38. The minimum absolute atomic E-state index is 0.115. The summed E-state index contributed by atoms with van der Waals surface area (Å²) >= 11 is 1.13. The molecule has 268 valence electrons. The molecular weight excluding hydrogens is 677 g/mol. The minimum atomic E-state index is -0.709. The zero-order valence-electron chi connectivity index (χ0n) is 29.0. The average molecular weight is 718 g/mol. The molecule has 4 heterocycles. The molecule has 0 radical (unpaired) electrons. The second-order valence-corrected chi connectivity index (χ2v) is 15.8. The van der Waals surface area contributed by atoms with Crippen molar-refractivity contribution in [1.29, 1.82) is 5.26 Å². The standard InChI is InChI=1S/C38H41F2N5O5S/c1-37(2,3)50-36(47)42-26-7-6-13-44(21-26)35(46)32-17-27(23-9-10-24(19-41)29(39)16-23)34(51-32)28-15-25-20-45(43-31(25)18-30(28)40)22-38(11-12-38)49-33-8-4-5-14-48-33/h9-10,15-18,20,26,33H,4-8,11-14,21-22H2,1-3H3,(H,42,47)/t26-,33?/m1/s1. The smallest absolute Gasteiger partial charge is 0.407 e. The summed E-state index contributed by atoms with van der Waals surface area (Å²) in [5.41, 5.74) is 0.493. The van der Waals surface area contributed by atoms with Crippen LogP contribution in [-0.2, 0) is 20.8 Å². The molecule has 2 aromatic carbocycles. The highest BCUT2D eigenvalue weighted by molar-refractivity contribution is 7.18. The van der Waals surface area contributed by atoms with Crippen LogP contribution in [0, 0.1) is 23.0 Å². The number of carbonyl (C=O) groups excluding carboxylic acids is 2. The highest BCUT2D eigenvalue weighted by Crippen LogP contribution is 2.45. The first kappa shape index (κ1) is 35.0. The van der Waals surface area contributed by atoms with Crippen molar-refractivity contribution in [3.05, 3.63) is 64.7 Å². The van der Waals surface area contributed by atoms with E-state index in [-0.39, 0.29) is 41.5 Å². The number of carbonyl (C=O) groups is 2. The van der Waals surface area contributed by atoms with Crippen molar-refractivity contribution in [1.82, 2.24) is 20.0 Å². The molecule has 2 aromatic heterocycles. The van der Waals surface area contributed by atoms with Crippen molar-refractivity contribution in [2.75, 3.05) is 19.7 Å². The number of alkyl carbamates (subject to hydrolysis) is 1. The molecule has 3 fully saturated rings. The summed E-state index contributed by atoms with van der Waals surface area (Å²) in [5.74, 6) is -1.51. The fourth-order valence-electron chi connectivity index (χ4n) is 6.78. The van der Waals surface area contributed by atoms with Gasteiger partial charge in [0.05, 0.1) is 28.1 Å². The summed E-state index contributed by atoms with van der Waals surface area (Å²) in [7, 11) is 0. The Bertz CT molecular complexity index is 2000. The molecule has 1 aliphatic carbocycles. The number of nitrogens with one attached hydrogen (secondary N) is 1. The number of halogens is 2. The number of aromatic nitrogens is 2. The number of nitriles is 1. The van der Waals surface area contributed by atoms with Crippen LogP contribution in [0.2, 0.25) is 0 Å². The predicted molar refractivity (Wildman–Crippen MR) is 188 cm³/mol. The Kier molecular flexibility index (Phi) is 9.60. The topological polar surface area (TPSA) is 119 Å². The highest BCUT2D eigenvalue weighted by atomic mass is 32.1. The quantitative estimate of drug-likeness (QED) is 0.198. The first-order valence-electron chi connectivity index (χ1n) is 17.5. The zero-order chi connectivity index (χ0) is 35.9. The second-order valence-electron chi connectivity index (χ2n) is 14.7. The molecule has 1 saturated carbocycles. The van der Waals surface area contributed by atoms with Gasteiger partial charge in [-0.1, -0.05) is 6.07 Å². The summed E-state index contributed by atoms with van der Waals surface area (Å²) in [6.07, 6.45) is 7.26. The first-order chi connectivity index (χ1) is 24.4. The first-order valence-corrected chi connectivity index (χ1v) is 18.3. The fraction of sp³-hybridized carbons (Fsp3) is 0.474. The van der Waals surface area contributed by atoms with E-state index in [0.717, 1.165) is 43.4 Å². The zero-order valence-corrected chi connectivity index (χ0v) is 29.8. The number of amides is 2. The van der Waals surface area contributed by atoms with Crippen LogP contribution in [-0.4, -0.2) is 69.9 Å². The van der Waals surface area contributed by atoms with Gasteiger partial charge in [0.2, 0.25) is 0 Å². The van der Waals surface area contributed by atoms with Crippen molar-refractivity contribution in [3.63, 3.8) is 0 Å². The van der Waals surface area contributed by atoms with Gasteiger partial charge in [0.1, 0.15) is 23.3 Å². The summed E-state index contributed by atoms with van der Waals surface area (Å²) in [6, 6.07) is 10.5. The molecule has 2 aliphatic heterocycles. The number of nitrogens with zero attached hydrogens (tertiary/aromatic N) is 4. The van der Waals surface area contributed by atoms with Gasteiger partial charge in [0.25, 0.3) is 5.91 Å². The third-order valence-electron chi connectivity index (χ3n) is 9.44. The number of likely N-dealkylation sites (tertiary alicyclic amines) is 1. The third kappa shape index (κ3) is 7.93. The van der Waals surface area contributed by atoms with Gasteiger partial charge in [-0.25, -0.2) is 13.6 Å². The second kappa shape index (κ2) is 14.0. The molecule has 2 amide bonds. The van der Waals surface area contributed by atoms with Crippen LogP contribution >= 0.6 is 11.3 Å². The summed E-state index contributed by atoms with van der Waals surface area (Å²) in [4.78, 5) is 28.9. The molecular formula is C38H41F2N5O5S. The number of thiophene rings is 1. The lowest BCUT2D eigenvalue weighted by atomic mass is 9.99. The molecule has 7 rings (SSSR count). The SMILES string of the molecule is CC(C)(C)OC(=O)N[C@@H]1CCCN(C(=O)c2cc(-c3ccc(C#N)c(F)c3)c(-c3cc4cn(CC5(OC6CCCCO6)CC5)nc4cc3F)s2)C1. The van der Waals surface area contributed by atoms with E-state index in [1.165, 1.54) is 18.2 Å². The average Bonchev–Trinajstić information content (AvgIpc) is 3.49. The molecule has 1 N–H and O–H groups in total. The van der Waals surface area contributed by atoms with Crippen LogP contribution in [0.3, 0.4) is 0 Å². The molecule has 4 aromatic rings. The lowest BCUT2D eigenvalue weighted by Crippen LogP contribution is -2.50. The summed E-state index contributed by atoms with van der Waals surface area (Å²) < 4.78 is 50.3. The maximum Gasteiger partial charge on any atom is 0.407 e. The molecule has 51 heavy (non-hydrogen) atoms. The van der Waals surface area contributed by atoms with E-state index in [4.69, 9.17) is 14.2 Å². The monoisotopic (exact) mass is 717 g/mol. The lowest BCUT2D eigenvalue weighted by Gasteiger charge is -2.33. The highest BCUT2D eigenvalue weighted by Gasteiger charge is 2.47. The van der Waals surface area contributed by atoms with Crippen LogP contribution < -0.4 is 5.32 Å². The van der Waals surface area contributed by atoms with Crippen molar-refractivity contribution >= 4 is 34.2 Å². The van der Waals surface area contributed by atoms with Gasteiger partial charge in [-0.05, 0) is 95.5 Å². The number of benzene rings is 2. The van der Waals surface area contributed by atoms with Crippen LogP contribution in [0.4, 0.5) is 13.6 Å². The minimum Gasteiger partial charge on any atom is -0.444 e. The Morgan fingerprint density at radius 2 is 1.92 bits per heavy atom. The van der Waals surface area contributed by atoms with Crippen molar-refractivity contribution in [2.45, 2.75) is 95.8 Å². The fourth-order valence-corrected chi connectivity index (χ4v) is 7.94. The number of piperidine rings is 1. The molecule has 0 bridgehead atoms. The summed E-state index contributed by atoms with van der Waals surface area (Å²) in [5, 5.41) is 17.6. The van der Waals surface area contributed by atoms with Crippen molar-refractivity contribution in [2.24, 2.45) is 0 Å². The maximum atomic E-state index is 16.1. The van der Waals surface area contributed by atoms with Crippen molar-refractivity contribution in [3.8, 4) is 27.6 Å². The van der Waals surface area contributed by atoms with Gasteiger partial charge in [-0.15, -0.1) is 11.3 Å². The number of hydrogen-bond donors (Lipinski definition) is 1. The van der Waals surface area contributed by atoms with E-state index in [2.05, 4.69) is 10.4 Å². The van der Waals surface area contributed by atoms with Gasteiger partial charge in [-0.3, -0.25) is 9.48 Å². The largest absolute Gasteiger partial charge is 0.444 e. The van der Waals surface area contributed by atoms with Crippen LogP contribution in [0.1, 0.15) is 81.0 Å². The van der Waals surface area contributed by atoms with Gasteiger partial charge >= 0.3 is 6.09 Å². The molecule has 10 nitrogen and oxygen atoms in total. The molecule has 0 spiro atoms. The van der Waals surface area contributed by atoms with Gasteiger partial charge in [-0.2, -0.15) is 10.4 Å². The van der Waals surface area contributed by atoms with Crippen LogP contribution in [0.15, 0.2) is 42.6 Å². The van der Waals surface area contributed by atoms with E-state index >= 15 is 4.39 Å². The Balaban J connectivity index is 1.18. The number of fused-ring (bicyclic) bond motifs is 1. The van der Waals surface area contributed by atoms with E-state index < -0.39 is 23.3 Å². The molecule has 13 heteroatoms. The number of ether oxygens (including phenoxy) is 3. The molecule has 2 atom stereocenters. The molecule has 3 aliphatic rings. The van der Waals surface area contributed by atoms with E-state index in [0.29, 0.717) is 64.3 Å². The van der Waals surface area contributed by atoms with Crippen LogP contribution in [0.25, 0.3) is 32.5 Å². The molecule has 1 unspecified atom stereocenters. The Morgan fingerprint density at radius 3 is 2.63 bits per heavy atom. The van der Waals surface area contributed by atoms with Gasteiger partial charge < -0.3 is 24.4 Å². The Labute approximate surface area is 299 Å². The molecule has 2 saturated heterocycles. The maximum absolute atomic E-state index is 16.1.